The fourth-order valence-electron chi connectivity index (χ4n) is 2.96. The summed E-state index contributed by atoms with van der Waals surface area (Å²) in [6.07, 6.45) is 9.44. The van der Waals surface area contributed by atoms with Gasteiger partial charge in [0.15, 0.2) is 0 Å². The number of rotatable bonds is 3. The van der Waals surface area contributed by atoms with E-state index < -0.39 is 0 Å². The van der Waals surface area contributed by atoms with Crippen molar-refractivity contribution in [3.63, 3.8) is 0 Å². The summed E-state index contributed by atoms with van der Waals surface area (Å²) in [6, 6.07) is 5.90. The van der Waals surface area contributed by atoms with E-state index in [4.69, 9.17) is 16.3 Å². The Morgan fingerprint density at radius 3 is 2.42 bits per heavy atom. The van der Waals surface area contributed by atoms with Gasteiger partial charge in [-0.3, -0.25) is 0 Å². The molecular formula is C16H22BrClO. The summed E-state index contributed by atoms with van der Waals surface area (Å²) in [4.78, 5) is 0.347. The van der Waals surface area contributed by atoms with Crippen molar-refractivity contribution in [3.8, 4) is 5.75 Å². The Labute approximate surface area is 129 Å². The van der Waals surface area contributed by atoms with Crippen LogP contribution in [0, 0.1) is 5.92 Å². The predicted molar refractivity (Wildman–Crippen MR) is 85.5 cm³/mol. The molecule has 1 unspecified atom stereocenters. The molecule has 106 valence electrons. The summed E-state index contributed by atoms with van der Waals surface area (Å²) in [5, 5.41) is 0.783. The molecule has 1 saturated carbocycles. The summed E-state index contributed by atoms with van der Waals surface area (Å²) in [5.41, 5.74) is 1.19. The molecule has 2 rings (SSSR count). The van der Waals surface area contributed by atoms with E-state index in [0.29, 0.717) is 10.7 Å². The molecule has 1 fully saturated rings. The van der Waals surface area contributed by atoms with Gasteiger partial charge in [0.2, 0.25) is 0 Å². The molecule has 0 saturated heterocycles. The molecule has 1 aromatic rings. The minimum atomic E-state index is 0.347. The SMILES string of the molecule is COc1ccc(Cl)cc1C(Br)C1CCCCCCC1. The predicted octanol–water partition coefficient (Wildman–Crippen LogP) is 6.15. The van der Waals surface area contributed by atoms with Crippen LogP contribution < -0.4 is 4.74 Å². The lowest BCUT2D eigenvalue weighted by Gasteiger charge is -2.26. The largest absolute Gasteiger partial charge is 0.496 e. The zero-order valence-electron chi connectivity index (χ0n) is 11.5. The van der Waals surface area contributed by atoms with Crippen molar-refractivity contribution in [2.24, 2.45) is 5.92 Å². The Morgan fingerprint density at radius 1 is 1.16 bits per heavy atom. The van der Waals surface area contributed by atoms with E-state index in [1.165, 1.54) is 50.5 Å². The second kappa shape index (κ2) is 7.54. The Bertz CT molecular complexity index is 400. The van der Waals surface area contributed by atoms with Gasteiger partial charge in [-0.25, -0.2) is 0 Å². The summed E-state index contributed by atoms with van der Waals surface area (Å²) in [6.45, 7) is 0. The van der Waals surface area contributed by atoms with E-state index in [0.717, 1.165) is 10.8 Å². The highest BCUT2D eigenvalue weighted by molar-refractivity contribution is 9.09. The lowest BCUT2D eigenvalue weighted by atomic mass is 9.86. The molecule has 0 heterocycles. The van der Waals surface area contributed by atoms with Gasteiger partial charge in [0, 0.05) is 15.4 Å². The van der Waals surface area contributed by atoms with Crippen molar-refractivity contribution in [1.29, 1.82) is 0 Å². The molecule has 0 bridgehead atoms. The van der Waals surface area contributed by atoms with E-state index >= 15 is 0 Å². The van der Waals surface area contributed by atoms with Crippen molar-refractivity contribution >= 4 is 27.5 Å². The van der Waals surface area contributed by atoms with Crippen LogP contribution in [0.5, 0.6) is 5.75 Å². The monoisotopic (exact) mass is 344 g/mol. The first-order valence-corrected chi connectivity index (χ1v) is 8.49. The normalized spacial score (nSPS) is 19.5. The molecular weight excluding hydrogens is 324 g/mol. The van der Waals surface area contributed by atoms with Gasteiger partial charge in [-0.05, 0) is 37.0 Å². The average Bonchev–Trinajstić information content (AvgIpc) is 2.37. The highest BCUT2D eigenvalue weighted by atomic mass is 79.9. The van der Waals surface area contributed by atoms with Crippen LogP contribution in [0.2, 0.25) is 5.02 Å². The summed E-state index contributed by atoms with van der Waals surface area (Å²) in [7, 11) is 1.73. The van der Waals surface area contributed by atoms with Crippen LogP contribution in [0.15, 0.2) is 18.2 Å². The van der Waals surface area contributed by atoms with Crippen molar-refractivity contribution < 1.29 is 4.74 Å². The smallest absolute Gasteiger partial charge is 0.123 e. The first-order valence-electron chi connectivity index (χ1n) is 7.20. The summed E-state index contributed by atoms with van der Waals surface area (Å²) < 4.78 is 5.48. The maximum absolute atomic E-state index is 6.14. The third kappa shape index (κ3) is 4.13. The lowest BCUT2D eigenvalue weighted by molar-refractivity contribution is 0.363. The van der Waals surface area contributed by atoms with E-state index in [1.807, 2.05) is 18.2 Å². The first kappa shape index (κ1) is 15.2. The molecule has 0 N–H and O–H groups in total. The third-order valence-corrected chi connectivity index (χ3v) is 5.53. The average molecular weight is 346 g/mol. The Hall–Kier alpha value is -0.210. The number of hydrogen-bond donors (Lipinski definition) is 0. The van der Waals surface area contributed by atoms with Gasteiger partial charge in [0.25, 0.3) is 0 Å². The fourth-order valence-corrected chi connectivity index (χ4v) is 4.02. The van der Waals surface area contributed by atoms with Gasteiger partial charge in [-0.15, -0.1) is 0 Å². The van der Waals surface area contributed by atoms with Crippen molar-refractivity contribution in [1.82, 2.24) is 0 Å². The van der Waals surface area contributed by atoms with E-state index in [-0.39, 0.29) is 0 Å². The van der Waals surface area contributed by atoms with Crippen LogP contribution in [0.3, 0.4) is 0 Å². The number of ether oxygens (including phenoxy) is 1. The van der Waals surface area contributed by atoms with Crippen molar-refractivity contribution in [3.05, 3.63) is 28.8 Å². The zero-order valence-corrected chi connectivity index (χ0v) is 13.8. The quantitative estimate of drug-likeness (QED) is 0.597. The molecule has 1 aliphatic carbocycles. The first-order chi connectivity index (χ1) is 9.22. The molecule has 1 aromatic carbocycles. The molecule has 1 aliphatic rings. The van der Waals surface area contributed by atoms with Crippen LogP contribution in [-0.4, -0.2) is 7.11 Å². The van der Waals surface area contributed by atoms with Crippen LogP contribution >= 0.6 is 27.5 Å². The molecule has 3 heteroatoms. The maximum Gasteiger partial charge on any atom is 0.123 e. The highest BCUT2D eigenvalue weighted by Gasteiger charge is 2.24. The standard InChI is InChI=1S/C16H22BrClO/c1-19-15-10-9-13(18)11-14(15)16(17)12-7-5-3-2-4-6-8-12/h9-12,16H,2-8H2,1H3. The Balaban J connectivity index is 2.16. The van der Waals surface area contributed by atoms with Crippen LogP contribution in [0.1, 0.15) is 55.3 Å². The van der Waals surface area contributed by atoms with Crippen LogP contribution in [0.4, 0.5) is 0 Å². The van der Waals surface area contributed by atoms with Crippen molar-refractivity contribution in [2.75, 3.05) is 7.11 Å². The number of halogens is 2. The lowest BCUT2D eigenvalue weighted by Crippen LogP contribution is -2.11. The molecule has 19 heavy (non-hydrogen) atoms. The molecule has 0 spiro atoms. The van der Waals surface area contributed by atoms with E-state index in [2.05, 4.69) is 15.9 Å². The number of hydrogen-bond acceptors (Lipinski definition) is 1. The summed E-state index contributed by atoms with van der Waals surface area (Å²) in [5.74, 6) is 1.63. The Morgan fingerprint density at radius 2 is 1.79 bits per heavy atom. The molecule has 1 atom stereocenters. The minimum absolute atomic E-state index is 0.347. The fraction of sp³-hybridized carbons (Fsp3) is 0.625. The minimum Gasteiger partial charge on any atom is -0.496 e. The second-order valence-corrected chi connectivity index (χ2v) is 6.82. The highest BCUT2D eigenvalue weighted by Crippen LogP contribution is 2.43. The molecule has 1 nitrogen and oxygen atoms in total. The van der Waals surface area contributed by atoms with Gasteiger partial charge in [-0.2, -0.15) is 0 Å². The number of alkyl halides is 1. The van der Waals surface area contributed by atoms with E-state index in [9.17, 15) is 0 Å². The number of benzene rings is 1. The number of methoxy groups -OCH3 is 1. The molecule has 0 aliphatic heterocycles. The summed E-state index contributed by atoms with van der Waals surface area (Å²) >= 11 is 10.0. The van der Waals surface area contributed by atoms with Crippen molar-refractivity contribution in [2.45, 2.75) is 49.8 Å². The van der Waals surface area contributed by atoms with Crippen LogP contribution in [-0.2, 0) is 0 Å². The van der Waals surface area contributed by atoms with Gasteiger partial charge >= 0.3 is 0 Å². The van der Waals surface area contributed by atoms with Gasteiger partial charge in [0.1, 0.15) is 5.75 Å². The molecule has 0 aromatic heterocycles. The molecule has 0 radical (unpaired) electrons. The van der Waals surface area contributed by atoms with Gasteiger partial charge < -0.3 is 4.74 Å². The topological polar surface area (TPSA) is 9.23 Å². The van der Waals surface area contributed by atoms with Gasteiger partial charge in [0.05, 0.1) is 7.11 Å². The maximum atomic E-state index is 6.14. The molecule has 0 amide bonds. The zero-order chi connectivity index (χ0) is 13.7. The van der Waals surface area contributed by atoms with E-state index in [1.54, 1.807) is 7.11 Å². The van der Waals surface area contributed by atoms with Crippen LogP contribution in [0.25, 0.3) is 0 Å². The van der Waals surface area contributed by atoms with Gasteiger partial charge in [-0.1, -0.05) is 59.6 Å². The third-order valence-electron chi connectivity index (χ3n) is 4.05. The second-order valence-electron chi connectivity index (χ2n) is 5.39. The Kier molecular flexibility index (Phi) is 6.03.